The average molecular weight is 501 g/mol. The number of carbonyl (C=O) groups excluding carboxylic acids is 3. The number of halogens is 1. The maximum atomic E-state index is 12.3. The molecular weight excluding hydrogens is 480 g/mol. The molecule has 0 aliphatic heterocycles. The Morgan fingerprint density at radius 1 is 0.600 bits per heavy atom. The molecule has 0 aromatic heterocycles. The highest BCUT2D eigenvalue weighted by Gasteiger charge is 2.21. The SMILES string of the molecule is COC(=O)c1ccc(Oc2cc(C(=O)OC)cc(Oc3ccc(C(=O)OC)cc3Cl)c2OC)cc1. The van der Waals surface area contributed by atoms with Crippen molar-refractivity contribution < 1.29 is 42.8 Å². The van der Waals surface area contributed by atoms with Gasteiger partial charge in [-0.05, 0) is 54.6 Å². The van der Waals surface area contributed by atoms with Gasteiger partial charge in [-0.1, -0.05) is 11.6 Å². The number of hydrogen-bond acceptors (Lipinski definition) is 9. The van der Waals surface area contributed by atoms with Crippen molar-refractivity contribution in [2.45, 2.75) is 0 Å². The first-order valence-corrected chi connectivity index (χ1v) is 10.4. The number of esters is 3. The van der Waals surface area contributed by atoms with Crippen molar-refractivity contribution >= 4 is 29.5 Å². The molecular formula is C25H21ClO9. The van der Waals surface area contributed by atoms with Crippen molar-refractivity contribution in [1.29, 1.82) is 0 Å². The standard InChI is InChI=1S/C25H21ClO9/c1-30-22-20(34-17-8-5-14(6-9-17)23(27)31-2)12-16(25(29)33-4)13-21(22)35-19-10-7-15(11-18(19)26)24(28)32-3/h5-13H,1-4H3. The summed E-state index contributed by atoms with van der Waals surface area (Å²) in [6, 6.07) is 13.3. The summed E-state index contributed by atoms with van der Waals surface area (Å²) < 4.78 is 31.5. The van der Waals surface area contributed by atoms with E-state index < -0.39 is 17.9 Å². The minimum atomic E-state index is -0.643. The van der Waals surface area contributed by atoms with Crippen LogP contribution in [0, 0.1) is 0 Å². The summed E-state index contributed by atoms with van der Waals surface area (Å²) in [6.45, 7) is 0. The van der Waals surface area contributed by atoms with Crippen LogP contribution in [0.2, 0.25) is 5.02 Å². The number of rotatable bonds is 8. The average Bonchev–Trinajstić information content (AvgIpc) is 2.88. The summed E-state index contributed by atoms with van der Waals surface area (Å²) in [7, 11) is 5.18. The van der Waals surface area contributed by atoms with E-state index >= 15 is 0 Å². The topological polar surface area (TPSA) is 107 Å². The largest absolute Gasteiger partial charge is 0.490 e. The number of ether oxygens (including phenoxy) is 6. The summed E-state index contributed by atoms with van der Waals surface area (Å²) in [4.78, 5) is 35.7. The van der Waals surface area contributed by atoms with E-state index in [1.165, 1.54) is 70.9 Å². The second-order valence-corrected chi connectivity index (χ2v) is 7.26. The zero-order valence-electron chi connectivity index (χ0n) is 19.2. The molecule has 0 N–H and O–H groups in total. The predicted octanol–water partition coefficient (Wildman–Crippen LogP) is 5.29. The van der Waals surface area contributed by atoms with Crippen LogP contribution in [0.25, 0.3) is 0 Å². The molecule has 3 aromatic rings. The van der Waals surface area contributed by atoms with Gasteiger partial charge in [-0.3, -0.25) is 0 Å². The number of benzene rings is 3. The molecule has 0 fully saturated rings. The fraction of sp³-hybridized carbons (Fsp3) is 0.160. The zero-order valence-corrected chi connectivity index (χ0v) is 20.0. The van der Waals surface area contributed by atoms with Gasteiger partial charge in [0.25, 0.3) is 0 Å². The lowest BCUT2D eigenvalue weighted by Crippen LogP contribution is -2.04. The van der Waals surface area contributed by atoms with Crippen molar-refractivity contribution in [3.05, 3.63) is 76.3 Å². The zero-order chi connectivity index (χ0) is 25.5. The highest BCUT2D eigenvalue weighted by Crippen LogP contribution is 2.44. The number of carbonyl (C=O) groups is 3. The molecule has 0 unspecified atom stereocenters. The lowest BCUT2D eigenvalue weighted by Gasteiger charge is -2.17. The molecule has 182 valence electrons. The molecule has 0 aliphatic rings. The van der Waals surface area contributed by atoms with Crippen LogP contribution in [-0.4, -0.2) is 46.3 Å². The maximum absolute atomic E-state index is 12.3. The highest BCUT2D eigenvalue weighted by atomic mass is 35.5. The van der Waals surface area contributed by atoms with Crippen molar-refractivity contribution in [3.63, 3.8) is 0 Å². The molecule has 0 aliphatic carbocycles. The van der Waals surface area contributed by atoms with Gasteiger partial charge in [0.2, 0.25) is 5.75 Å². The van der Waals surface area contributed by atoms with Gasteiger partial charge in [0, 0.05) is 0 Å². The Kier molecular flexibility index (Phi) is 8.17. The van der Waals surface area contributed by atoms with E-state index in [1.54, 1.807) is 12.1 Å². The molecule has 0 spiro atoms. The quantitative estimate of drug-likeness (QED) is 0.301. The first-order valence-electron chi connectivity index (χ1n) is 10.0. The van der Waals surface area contributed by atoms with Crippen LogP contribution >= 0.6 is 11.6 Å². The Bertz CT molecular complexity index is 1250. The third-order valence-electron chi connectivity index (χ3n) is 4.72. The van der Waals surface area contributed by atoms with E-state index in [4.69, 9.17) is 35.3 Å². The molecule has 10 heteroatoms. The van der Waals surface area contributed by atoms with Crippen LogP contribution in [0.4, 0.5) is 0 Å². The minimum absolute atomic E-state index is 0.101. The van der Waals surface area contributed by atoms with E-state index in [-0.39, 0.29) is 39.1 Å². The van der Waals surface area contributed by atoms with Gasteiger partial charge in [0.05, 0.1) is 50.2 Å². The van der Waals surface area contributed by atoms with Gasteiger partial charge in [-0.25, -0.2) is 14.4 Å². The first kappa shape index (κ1) is 25.4. The van der Waals surface area contributed by atoms with E-state index in [0.29, 0.717) is 11.3 Å². The third kappa shape index (κ3) is 5.82. The van der Waals surface area contributed by atoms with Gasteiger partial charge in [-0.2, -0.15) is 0 Å². The monoisotopic (exact) mass is 500 g/mol. The van der Waals surface area contributed by atoms with E-state index in [2.05, 4.69) is 4.74 Å². The Hall–Kier alpha value is -4.24. The van der Waals surface area contributed by atoms with Crippen molar-refractivity contribution in [2.75, 3.05) is 28.4 Å². The van der Waals surface area contributed by atoms with Crippen LogP contribution < -0.4 is 14.2 Å². The molecule has 0 heterocycles. The van der Waals surface area contributed by atoms with Gasteiger partial charge >= 0.3 is 17.9 Å². The number of methoxy groups -OCH3 is 4. The van der Waals surface area contributed by atoms with E-state index in [9.17, 15) is 14.4 Å². The fourth-order valence-electron chi connectivity index (χ4n) is 3.02. The van der Waals surface area contributed by atoms with Crippen LogP contribution in [0.5, 0.6) is 28.7 Å². The second kappa shape index (κ2) is 11.3. The van der Waals surface area contributed by atoms with Crippen LogP contribution in [0.1, 0.15) is 31.1 Å². The summed E-state index contributed by atoms with van der Waals surface area (Å²) in [5.74, 6) is -0.760. The number of hydrogen-bond donors (Lipinski definition) is 0. The predicted molar refractivity (Wildman–Crippen MR) is 125 cm³/mol. The van der Waals surface area contributed by atoms with Gasteiger partial charge in [0.1, 0.15) is 11.5 Å². The molecule has 3 aromatic carbocycles. The van der Waals surface area contributed by atoms with Gasteiger partial charge in [-0.15, -0.1) is 0 Å². The molecule has 9 nitrogen and oxygen atoms in total. The Morgan fingerprint density at radius 3 is 1.66 bits per heavy atom. The molecule has 3 rings (SSSR count). The highest BCUT2D eigenvalue weighted by molar-refractivity contribution is 6.32. The van der Waals surface area contributed by atoms with E-state index in [0.717, 1.165) is 0 Å². The smallest absolute Gasteiger partial charge is 0.338 e. The lowest BCUT2D eigenvalue weighted by atomic mass is 10.1. The first-order chi connectivity index (χ1) is 16.8. The Balaban J connectivity index is 2.02. The van der Waals surface area contributed by atoms with Crippen molar-refractivity contribution in [1.82, 2.24) is 0 Å². The molecule has 0 saturated carbocycles. The lowest BCUT2D eigenvalue weighted by molar-refractivity contribution is 0.0591. The molecule has 0 bridgehead atoms. The maximum Gasteiger partial charge on any atom is 0.338 e. The van der Waals surface area contributed by atoms with Crippen LogP contribution in [0.15, 0.2) is 54.6 Å². The summed E-state index contributed by atoms with van der Waals surface area (Å²) >= 11 is 6.29. The van der Waals surface area contributed by atoms with Crippen LogP contribution in [0.3, 0.4) is 0 Å². The van der Waals surface area contributed by atoms with Gasteiger partial charge in [0.15, 0.2) is 11.5 Å². The Morgan fingerprint density at radius 2 is 1.11 bits per heavy atom. The van der Waals surface area contributed by atoms with Gasteiger partial charge < -0.3 is 28.4 Å². The second-order valence-electron chi connectivity index (χ2n) is 6.85. The summed E-state index contributed by atoms with van der Waals surface area (Å²) in [5.41, 5.74) is 0.690. The minimum Gasteiger partial charge on any atom is -0.490 e. The van der Waals surface area contributed by atoms with E-state index in [1.807, 2.05) is 0 Å². The molecule has 0 radical (unpaired) electrons. The molecule has 0 saturated heterocycles. The van der Waals surface area contributed by atoms with Crippen molar-refractivity contribution in [3.8, 4) is 28.7 Å². The van der Waals surface area contributed by atoms with Crippen LogP contribution in [-0.2, 0) is 14.2 Å². The fourth-order valence-corrected chi connectivity index (χ4v) is 3.24. The molecule has 0 atom stereocenters. The molecule has 0 amide bonds. The normalized spacial score (nSPS) is 10.2. The third-order valence-corrected chi connectivity index (χ3v) is 5.02. The molecule has 35 heavy (non-hydrogen) atoms. The Labute approximate surface area is 206 Å². The van der Waals surface area contributed by atoms with Crippen molar-refractivity contribution in [2.24, 2.45) is 0 Å². The summed E-state index contributed by atoms with van der Waals surface area (Å²) in [5, 5.41) is 0.124. The summed E-state index contributed by atoms with van der Waals surface area (Å²) in [6.07, 6.45) is 0.